The molecule has 0 amide bonds. The van der Waals surface area contributed by atoms with Crippen LogP contribution in [0.15, 0.2) is 24.3 Å². The van der Waals surface area contributed by atoms with Crippen molar-refractivity contribution in [1.82, 2.24) is 0 Å². The van der Waals surface area contributed by atoms with Crippen molar-refractivity contribution in [2.75, 3.05) is 7.11 Å². The molecule has 0 unspecified atom stereocenters. The van der Waals surface area contributed by atoms with Gasteiger partial charge in [0.15, 0.2) is 0 Å². The first-order valence-corrected chi connectivity index (χ1v) is 4.58. The van der Waals surface area contributed by atoms with Gasteiger partial charge in [-0.05, 0) is 12.5 Å². The number of benzene rings is 1. The third kappa shape index (κ3) is 2.63. The number of hydrogen-bond donors (Lipinski definition) is 0. The van der Waals surface area contributed by atoms with E-state index in [2.05, 4.69) is 0 Å². The van der Waals surface area contributed by atoms with Gasteiger partial charge in [0.1, 0.15) is 0 Å². The maximum Gasteiger partial charge on any atom is 0.276 e. The lowest BCUT2D eigenvalue weighted by atomic mass is 10.1. The maximum atomic E-state index is 10.8. The summed E-state index contributed by atoms with van der Waals surface area (Å²) in [5.74, 6) is 0. The molecule has 0 bridgehead atoms. The largest absolute Gasteiger partial charge is 0.380 e. The Labute approximate surface area is 88.3 Å². The van der Waals surface area contributed by atoms with E-state index in [0.717, 1.165) is 5.56 Å². The standard InChI is InChI=1S/C11H13NO3/c1-3-5-10-9(8-15-2)6-4-7-11(10)12(13)14/h3-7H,8H2,1-2H3/b5-3+. The summed E-state index contributed by atoms with van der Waals surface area (Å²) in [4.78, 5) is 10.4. The van der Waals surface area contributed by atoms with Crippen molar-refractivity contribution in [3.05, 3.63) is 45.5 Å². The van der Waals surface area contributed by atoms with Crippen LogP contribution < -0.4 is 0 Å². The molecule has 0 heterocycles. The Balaban J connectivity index is 3.27. The smallest absolute Gasteiger partial charge is 0.276 e. The summed E-state index contributed by atoms with van der Waals surface area (Å²) in [6.07, 6.45) is 3.51. The zero-order valence-electron chi connectivity index (χ0n) is 8.77. The van der Waals surface area contributed by atoms with Crippen molar-refractivity contribution < 1.29 is 9.66 Å². The van der Waals surface area contributed by atoms with E-state index in [1.165, 1.54) is 6.07 Å². The lowest BCUT2D eigenvalue weighted by Crippen LogP contribution is -1.97. The lowest BCUT2D eigenvalue weighted by Gasteiger charge is -2.05. The second-order valence-corrected chi connectivity index (χ2v) is 3.04. The third-order valence-corrected chi connectivity index (χ3v) is 2.00. The molecule has 1 aromatic rings. The second kappa shape index (κ2) is 5.26. The van der Waals surface area contributed by atoms with Gasteiger partial charge in [0.05, 0.1) is 17.1 Å². The predicted octanol–water partition coefficient (Wildman–Crippen LogP) is 2.77. The molecule has 0 atom stereocenters. The fourth-order valence-electron chi connectivity index (χ4n) is 1.40. The van der Waals surface area contributed by atoms with Crippen LogP contribution in [-0.4, -0.2) is 12.0 Å². The highest BCUT2D eigenvalue weighted by Gasteiger charge is 2.14. The first-order chi connectivity index (χ1) is 7.20. The molecule has 0 fully saturated rings. The van der Waals surface area contributed by atoms with Gasteiger partial charge < -0.3 is 4.74 Å². The Morgan fingerprint density at radius 3 is 2.80 bits per heavy atom. The molecule has 4 heteroatoms. The van der Waals surface area contributed by atoms with E-state index >= 15 is 0 Å². The molecule has 0 aliphatic carbocycles. The zero-order valence-corrected chi connectivity index (χ0v) is 8.77. The molecule has 0 aliphatic heterocycles. The van der Waals surface area contributed by atoms with E-state index in [-0.39, 0.29) is 10.6 Å². The van der Waals surface area contributed by atoms with Crippen LogP contribution in [0.2, 0.25) is 0 Å². The highest BCUT2D eigenvalue weighted by Crippen LogP contribution is 2.24. The van der Waals surface area contributed by atoms with Crippen molar-refractivity contribution in [3.8, 4) is 0 Å². The highest BCUT2D eigenvalue weighted by atomic mass is 16.6. The first-order valence-electron chi connectivity index (χ1n) is 4.58. The minimum atomic E-state index is -0.380. The number of methoxy groups -OCH3 is 1. The molecule has 4 nitrogen and oxygen atoms in total. The second-order valence-electron chi connectivity index (χ2n) is 3.04. The number of allylic oxidation sites excluding steroid dienone is 1. The molecule has 0 saturated heterocycles. The summed E-state index contributed by atoms with van der Waals surface area (Å²) >= 11 is 0. The van der Waals surface area contributed by atoms with Gasteiger partial charge in [-0.25, -0.2) is 0 Å². The number of ether oxygens (including phenoxy) is 1. The van der Waals surface area contributed by atoms with Gasteiger partial charge in [-0.2, -0.15) is 0 Å². The van der Waals surface area contributed by atoms with Gasteiger partial charge in [0.2, 0.25) is 0 Å². The normalized spacial score (nSPS) is 10.8. The van der Waals surface area contributed by atoms with Gasteiger partial charge in [0, 0.05) is 13.2 Å². The van der Waals surface area contributed by atoms with Crippen molar-refractivity contribution in [2.45, 2.75) is 13.5 Å². The molecule has 0 radical (unpaired) electrons. The summed E-state index contributed by atoms with van der Waals surface area (Å²) in [6.45, 7) is 2.20. The molecule has 0 saturated carbocycles. The molecule has 15 heavy (non-hydrogen) atoms. The first kappa shape index (κ1) is 11.4. The Morgan fingerprint density at radius 2 is 2.27 bits per heavy atom. The fourth-order valence-corrected chi connectivity index (χ4v) is 1.40. The summed E-state index contributed by atoms with van der Waals surface area (Å²) in [7, 11) is 1.57. The third-order valence-electron chi connectivity index (χ3n) is 2.00. The van der Waals surface area contributed by atoms with Crippen molar-refractivity contribution >= 4 is 11.8 Å². The van der Waals surface area contributed by atoms with Crippen molar-refractivity contribution in [1.29, 1.82) is 0 Å². The lowest BCUT2D eigenvalue weighted by molar-refractivity contribution is -0.385. The molecular formula is C11H13NO3. The Bertz CT molecular complexity index is 385. The quantitative estimate of drug-likeness (QED) is 0.563. The molecule has 80 valence electrons. The Hall–Kier alpha value is -1.68. The fraction of sp³-hybridized carbons (Fsp3) is 0.273. The molecule has 1 aromatic carbocycles. The summed E-state index contributed by atoms with van der Waals surface area (Å²) < 4.78 is 4.99. The van der Waals surface area contributed by atoms with Crippen LogP contribution in [-0.2, 0) is 11.3 Å². The average molecular weight is 207 g/mol. The van der Waals surface area contributed by atoms with Gasteiger partial charge >= 0.3 is 0 Å². The monoisotopic (exact) mass is 207 g/mol. The van der Waals surface area contributed by atoms with Crippen LogP contribution in [0, 0.1) is 10.1 Å². The molecule has 0 aliphatic rings. The van der Waals surface area contributed by atoms with Crippen molar-refractivity contribution in [3.63, 3.8) is 0 Å². The minimum absolute atomic E-state index is 0.114. The van der Waals surface area contributed by atoms with Gasteiger partial charge in [-0.15, -0.1) is 0 Å². The van der Waals surface area contributed by atoms with E-state index in [4.69, 9.17) is 4.74 Å². The number of nitro benzene ring substituents is 1. The van der Waals surface area contributed by atoms with E-state index in [1.54, 1.807) is 25.3 Å². The molecule has 0 aromatic heterocycles. The van der Waals surface area contributed by atoms with Crippen LogP contribution in [0.25, 0.3) is 6.08 Å². The minimum Gasteiger partial charge on any atom is -0.380 e. The topological polar surface area (TPSA) is 52.4 Å². The summed E-state index contributed by atoms with van der Waals surface area (Å²) in [5, 5.41) is 10.8. The number of hydrogen-bond acceptors (Lipinski definition) is 3. The number of nitro groups is 1. The van der Waals surface area contributed by atoms with Gasteiger partial charge in [-0.3, -0.25) is 10.1 Å². The molecular weight excluding hydrogens is 194 g/mol. The van der Waals surface area contributed by atoms with Crippen LogP contribution in [0.1, 0.15) is 18.1 Å². The maximum absolute atomic E-state index is 10.8. The number of nitrogens with zero attached hydrogens (tertiary/aromatic N) is 1. The van der Waals surface area contributed by atoms with E-state index in [9.17, 15) is 10.1 Å². The van der Waals surface area contributed by atoms with Crippen LogP contribution in [0.4, 0.5) is 5.69 Å². The van der Waals surface area contributed by atoms with E-state index < -0.39 is 0 Å². The molecule has 0 N–H and O–H groups in total. The summed E-state index contributed by atoms with van der Waals surface area (Å²) in [6, 6.07) is 4.99. The average Bonchev–Trinajstić information content (AvgIpc) is 2.21. The van der Waals surface area contributed by atoms with Gasteiger partial charge in [0.25, 0.3) is 5.69 Å². The number of rotatable bonds is 4. The van der Waals surface area contributed by atoms with E-state index in [0.29, 0.717) is 12.2 Å². The Morgan fingerprint density at radius 1 is 1.53 bits per heavy atom. The molecule has 0 spiro atoms. The summed E-state index contributed by atoms with van der Waals surface area (Å²) in [5.41, 5.74) is 1.55. The zero-order chi connectivity index (χ0) is 11.3. The van der Waals surface area contributed by atoms with Crippen LogP contribution >= 0.6 is 0 Å². The molecule has 1 rings (SSSR count). The van der Waals surface area contributed by atoms with Crippen LogP contribution in [0.5, 0.6) is 0 Å². The van der Waals surface area contributed by atoms with Crippen molar-refractivity contribution in [2.24, 2.45) is 0 Å². The predicted molar refractivity (Wildman–Crippen MR) is 58.5 cm³/mol. The van der Waals surface area contributed by atoms with Gasteiger partial charge in [-0.1, -0.05) is 24.3 Å². The SMILES string of the molecule is C/C=C/c1c(COC)cccc1[N+](=O)[O-]. The van der Waals surface area contributed by atoms with E-state index in [1.807, 2.05) is 13.0 Å². The highest BCUT2D eigenvalue weighted by molar-refractivity contribution is 5.64. The Kier molecular flexibility index (Phi) is 4.00. The van der Waals surface area contributed by atoms with Crippen LogP contribution in [0.3, 0.4) is 0 Å².